The van der Waals surface area contributed by atoms with Gasteiger partial charge >= 0.3 is 11.9 Å². The molecular formula is C22H22ClFN4O5S. The molecule has 1 saturated heterocycles. The summed E-state index contributed by atoms with van der Waals surface area (Å²) >= 11 is 7.62. The largest absolute Gasteiger partial charge is 0.480 e. The normalized spacial score (nSPS) is 21.1. The Balaban J connectivity index is 1.75. The predicted molar refractivity (Wildman–Crippen MR) is 124 cm³/mol. The number of aliphatic carboxylic acids is 1. The van der Waals surface area contributed by atoms with Gasteiger partial charge in [-0.2, -0.15) is 0 Å². The van der Waals surface area contributed by atoms with Gasteiger partial charge in [0.2, 0.25) is 0 Å². The zero-order valence-electron chi connectivity index (χ0n) is 18.2. The molecule has 0 saturated carbocycles. The van der Waals surface area contributed by atoms with Crippen LogP contribution < -0.4 is 5.32 Å². The maximum Gasteiger partial charge on any atom is 0.337 e. The van der Waals surface area contributed by atoms with Crippen molar-refractivity contribution in [2.75, 3.05) is 33.4 Å². The van der Waals surface area contributed by atoms with E-state index >= 15 is 0 Å². The third-order valence-corrected chi connectivity index (χ3v) is 6.70. The Bertz CT molecular complexity index is 1140. The number of hydrogen-bond donors (Lipinski definition) is 2. The number of carbonyl (C=O) groups excluding carboxylic acids is 1. The average molecular weight is 509 g/mol. The molecule has 2 N–H and O–H groups in total. The van der Waals surface area contributed by atoms with Crippen LogP contribution in [0, 0.1) is 5.82 Å². The van der Waals surface area contributed by atoms with Gasteiger partial charge in [-0.3, -0.25) is 14.7 Å². The minimum atomic E-state index is -1.01. The van der Waals surface area contributed by atoms with E-state index in [1.807, 2.05) is 0 Å². The number of aromatic nitrogens is 1. The Kier molecular flexibility index (Phi) is 7.57. The summed E-state index contributed by atoms with van der Waals surface area (Å²) in [5.41, 5.74) is 1.31. The van der Waals surface area contributed by atoms with Crippen LogP contribution in [0.4, 0.5) is 4.39 Å². The van der Waals surface area contributed by atoms with Crippen LogP contribution in [0.3, 0.4) is 0 Å². The zero-order valence-corrected chi connectivity index (χ0v) is 19.7. The van der Waals surface area contributed by atoms with Crippen LogP contribution in [0.15, 0.2) is 46.0 Å². The van der Waals surface area contributed by atoms with E-state index in [2.05, 4.69) is 10.3 Å². The average Bonchev–Trinajstić information content (AvgIpc) is 3.35. The molecule has 1 unspecified atom stereocenters. The first-order chi connectivity index (χ1) is 16.4. The van der Waals surface area contributed by atoms with Crippen molar-refractivity contribution in [3.8, 4) is 0 Å². The summed E-state index contributed by atoms with van der Waals surface area (Å²) in [5, 5.41) is 15.4. The van der Waals surface area contributed by atoms with Gasteiger partial charge in [-0.05, 0) is 17.7 Å². The molecule has 12 heteroatoms. The molecule has 0 spiro atoms. The van der Waals surface area contributed by atoms with Gasteiger partial charge in [0.1, 0.15) is 11.9 Å². The summed E-state index contributed by atoms with van der Waals surface area (Å²) in [7, 11) is 1.27. The van der Waals surface area contributed by atoms with Gasteiger partial charge in [-0.1, -0.05) is 17.7 Å². The van der Waals surface area contributed by atoms with Crippen molar-refractivity contribution in [3.63, 3.8) is 0 Å². The van der Waals surface area contributed by atoms with Gasteiger partial charge in [0.25, 0.3) is 0 Å². The molecule has 4 rings (SSSR count). The lowest BCUT2D eigenvalue weighted by atomic mass is 9.95. The molecule has 2 aromatic rings. The highest BCUT2D eigenvalue weighted by Gasteiger charge is 2.36. The molecule has 2 atom stereocenters. The lowest BCUT2D eigenvalue weighted by Gasteiger charge is -2.35. The first-order valence-electron chi connectivity index (χ1n) is 10.4. The van der Waals surface area contributed by atoms with Gasteiger partial charge in [0.05, 0.1) is 31.9 Å². The van der Waals surface area contributed by atoms with Crippen molar-refractivity contribution in [2.24, 2.45) is 4.99 Å². The summed E-state index contributed by atoms with van der Waals surface area (Å²) in [5.74, 6) is -1.64. The molecule has 3 heterocycles. The first-order valence-corrected chi connectivity index (χ1v) is 11.7. The number of amidine groups is 1. The highest BCUT2D eigenvalue weighted by atomic mass is 35.5. The fourth-order valence-corrected chi connectivity index (χ4v) is 4.74. The number of benzene rings is 1. The minimum Gasteiger partial charge on any atom is -0.480 e. The number of morpholine rings is 1. The minimum absolute atomic E-state index is 0.0399. The number of methoxy groups -OCH3 is 1. The van der Waals surface area contributed by atoms with Crippen LogP contribution in [-0.2, 0) is 25.5 Å². The Morgan fingerprint density at radius 3 is 2.94 bits per heavy atom. The van der Waals surface area contributed by atoms with E-state index < -0.39 is 29.8 Å². The molecule has 0 aliphatic carbocycles. The maximum atomic E-state index is 13.6. The quantitative estimate of drug-likeness (QED) is 0.547. The van der Waals surface area contributed by atoms with Crippen LogP contribution in [0.1, 0.15) is 10.6 Å². The molecule has 9 nitrogen and oxygen atoms in total. The summed E-state index contributed by atoms with van der Waals surface area (Å²) < 4.78 is 24.0. The first kappa shape index (κ1) is 24.3. The van der Waals surface area contributed by atoms with Crippen molar-refractivity contribution in [1.29, 1.82) is 0 Å². The van der Waals surface area contributed by atoms with Crippen LogP contribution in [0.25, 0.3) is 0 Å². The Morgan fingerprint density at radius 2 is 2.26 bits per heavy atom. The number of esters is 1. The molecule has 180 valence electrons. The van der Waals surface area contributed by atoms with Crippen molar-refractivity contribution >= 4 is 40.7 Å². The van der Waals surface area contributed by atoms with E-state index in [9.17, 15) is 19.1 Å². The third-order valence-electron chi connectivity index (χ3n) is 5.57. The standard InChI is InChI=1S/C22H22ClFN4O5S/c1-32-22(31)18-15(8-12-2-3-13(24)9-14(12)23)26-19(20-25-4-7-34-20)27-16(18)10-28-5-6-33-11-17(28)21(29)30/h2-4,7,9,15,17H,5-6,8,10-11H2,1H3,(H,26,27)(H,29,30)/t15?,17-/m0/s1. The predicted octanol–water partition coefficient (Wildman–Crippen LogP) is 2.11. The molecule has 1 fully saturated rings. The fraction of sp³-hybridized carbons (Fsp3) is 0.364. The molecule has 0 amide bonds. The Labute approximate surface area is 203 Å². The molecule has 34 heavy (non-hydrogen) atoms. The molecule has 1 aromatic carbocycles. The van der Waals surface area contributed by atoms with Crippen LogP contribution >= 0.6 is 22.9 Å². The Hall–Kier alpha value is -2.86. The number of nitrogens with one attached hydrogen (secondary N) is 1. The topological polar surface area (TPSA) is 113 Å². The van der Waals surface area contributed by atoms with E-state index in [4.69, 9.17) is 26.1 Å². The summed E-state index contributed by atoms with van der Waals surface area (Å²) in [6.45, 7) is 0.905. The number of nitrogens with zero attached hydrogens (tertiary/aromatic N) is 3. The van der Waals surface area contributed by atoms with E-state index in [0.29, 0.717) is 35.3 Å². The van der Waals surface area contributed by atoms with E-state index in [1.54, 1.807) is 22.5 Å². The highest BCUT2D eigenvalue weighted by Crippen LogP contribution is 2.28. The molecule has 2 aliphatic rings. The summed E-state index contributed by atoms with van der Waals surface area (Å²) in [6.07, 6.45) is 1.84. The fourth-order valence-electron chi connectivity index (χ4n) is 3.91. The molecule has 1 aromatic heterocycles. The number of rotatable bonds is 7. The van der Waals surface area contributed by atoms with Gasteiger partial charge in [0, 0.05) is 41.8 Å². The maximum absolute atomic E-state index is 13.6. The lowest BCUT2D eigenvalue weighted by molar-refractivity contribution is -0.149. The smallest absolute Gasteiger partial charge is 0.337 e. The van der Waals surface area contributed by atoms with Gasteiger partial charge in [-0.15, -0.1) is 11.3 Å². The van der Waals surface area contributed by atoms with Crippen molar-refractivity contribution in [3.05, 3.63) is 62.5 Å². The van der Waals surface area contributed by atoms with E-state index in [-0.39, 0.29) is 30.2 Å². The highest BCUT2D eigenvalue weighted by molar-refractivity contribution is 7.11. The van der Waals surface area contributed by atoms with Crippen LogP contribution in [-0.4, -0.2) is 78.3 Å². The molecular weight excluding hydrogens is 487 g/mol. The lowest BCUT2D eigenvalue weighted by Crippen LogP contribution is -2.52. The monoisotopic (exact) mass is 508 g/mol. The molecule has 0 radical (unpaired) electrons. The SMILES string of the molecule is COC(=O)C1=C(CN2CCOC[C@H]2C(=O)O)NC(c2nccs2)=NC1Cc1ccc(F)cc1Cl. The van der Waals surface area contributed by atoms with E-state index in [1.165, 1.54) is 30.6 Å². The van der Waals surface area contributed by atoms with E-state index in [0.717, 1.165) is 0 Å². The Morgan fingerprint density at radius 1 is 1.44 bits per heavy atom. The van der Waals surface area contributed by atoms with Crippen molar-refractivity contribution < 1.29 is 28.6 Å². The second kappa shape index (κ2) is 10.6. The zero-order chi connectivity index (χ0) is 24.2. The second-order valence-electron chi connectivity index (χ2n) is 7.68. The number of carbonyl (C=O) groups is 2. The number of halogens is 2. The van der Waals surface area contributed by atoms with Gasteiger partial charge < -0.3 is 19.9 Å². The number of hydrogen-bond acceptors (Lipinski definition) is 9. The van der Waals surface area contributed by atoms with Gasteiger partial charge in [-0.25, -0.2) is 14.2 Å². The van der Waals surface area contributed by atoms with Gasteiger partial charge in [0.15, 0.2) is 10.8 Å². The number of thiazole rings is 1. The van der Waals surface area contributed by atoms with Crippen LogP contribution in [0.2, 0.25) is 5.02 Å². The number of carboxylic acids is 1. The second-order valence-corrected chi connectivity index (χ2v) is 8.98. The van der Waals surface area contributed by atoms with Crippen LogP contribution in [0.5, 0.6) is 0 Å². The molecule has 0 bridgehead atoms. The number of carboxylic acid groups (broad SMARTS) is 1. The third kappa shape index (κ3) is 5.27. The summed E-state index contributed by atoms with van der Waals surface area (Å²) in [4.78, 5) is 35.4. The number of aliphatic imine (C=N–C) groups is 1. The number of ether oxygens (including phenoxy) is 2. The summed E-state index contributed by atoms with van der Waals surface area (Å²) in [6, 6.07) is 2.47. The van der Waals surface area contributed by atoms with Crippen molar-refractivity contribution in [2.45, 2.75) is 18.5 Å². The molecule has 2 aliphatic heterocycles. The van der Waals surface area contributed by atoms with Crippen molar-refractivity contribution in [1.82, 2.24) is 15.2 Å².